The number of aliphatic hydroxyl groups excluding tert-OH is 2. The topological polar surface area (TPSA) is 77.4 Å². The molecule has 162 valence electrons. The van der Waals surface area contributed by atoms with Crippen molar-refractivity contribution >= 4 is 16.6 Å². The molecule has 0 amide bonds. The van der Waals surface area contributed by atoms with Crippen molar-refractivity contribution in [3.8, 4) is 0 Å². The van der Waals surface area contributed by atoms with Gasteiger partial charge in [-0.2, -0.15) is 0 Å². The fourth-order valence-electron chi connectivity index (χ4n) is 3.96. The number of ether oxygens (including phenoxy) is 2. The fraction of sp³-hybridized carbons (Fsp3) is 1.00. The lowest BCUT2D eigenvalue weighted by Gasteiger charge is -2.46. The van der Waals surface area contributed by atoms with Gasteiger partial charge in [0.1, 0.15) is 24.4 Å². The van der Waals surface area contributed by atoms with E-state index in [1.165, 1.54) is 0 Å². The Morgan fingerprint density at radius 1 is 0.778 bits per heavy atom. The minimum atomic E-state index is -1.98. The number of aliphatic hydroxyl groups is 2. The largest absolute Gasteiger partial charge is 0.414 e. The number of hydrogen-bond donors (Lipinski definition) is 2. The summed E-state index contributed by atoms with van der Waals surface area (Å²) < 4.78 is 24.2. The fourth-order valence-corrected chi connectivity index (χ4v) is 9.42. The van der Waals surface area contributed by atoms with Gasteiger partial charge >= 0.3 is 0 Å². The van der Waals surface area contributed by atoms with Gasteiger partial charge in [0.2, 0.25) is 0 Å². The Morgan fingerprint density at radius 2 is 1.26 bits per heavy atom. The van der Waals surface area contributed by atoms with E-state index in [2.05, 4.69) is 41.5 Å². The first-order valence-corrected chi connectivity index (χ1v) is 15.7. The molecule has 5 atom stereocenters. The standard InChI is InChI=1S/C19H42O6Si2/c1-8-26(9-2,10-3)23-14-15-16(20)17(21)18(19(22-7)24-15)25-27(11-4,12-5)13-6/h15-21H,8-14H2,1-7H3/t15-,16+,17+,18-,19+/m1/s1. The summed E-state index contributed by atoms with van der Waals surface area (Å²) >= 11 is 0. The van der Waals surface area contributed by atoms with Gasteiger partial charge in [0.15, 0.2) is 22.9 Å². The Morgan fingerprint density at radius 3 is 1.67 bits per heavy atom. The maximum absolute atomic E-state index is 10.8. The van der Waals surface area contributed by atoms with Crippen LogP contribution in [0.2, 0.25) is 36.3 Å². The summed E-state index contributed by atoms with van der Waals surface area (Å²) in [5.41, 5.74) is 0. The minimum absolute atomic E-state index is 0.282. The molecule has 0 aromatic rings. The number of hydrogen-bond acceptors (Lipinski definition) is 6. The number of rotatable bonds is 12. The molecule has 1 rings (SSSR count). The minimum Gasteiger partial charge on any atom is -0.414 e. The Labute approximate surface area is 167 Å². The van der Waals surface area contributed by atoms with Crippen molar-refractivity contribution in [1.82, 2.24) is 0 Å². The zero-order valence-electron chi connectivity index (χ0n) is 18.4. The zero-order valence-corrected chi connectivity index (χ0v) is 20.4. The molecular formula is C19H42O6Si2. The second-order valence-electron chi connectivity index (χ2n) is 7.64. The Hall–Kier alpha value is 0.194. The van der Waals surface area contributed by atoms with Crippen molar-refractivity contribution in [3.63, 3.8) is 0 Å². The lowest BCUT2D eigenvalue weighted by Crippen LogP contribution is -2.63. The smallest absolute Gasteiger partial charge is 0.192 e. The van der Waals surface area contributed by atoms with Gasteiger partial charge in [0.25, 0.3) is 0 Å². The van der Waals surface area contributed by atoms with E-state index >= 15 is 0 Å². The van der Waals surface area contributed by atoms with Crippen LogP contribution in [0.3, 0.4) is 0 Å². The predicted octanol–water partition coefficient (Wildman–Crippen LogP) is 3.49. The van der Waals surface area contributed by atoms with Crippen LogP contribution in [-0.4, -0.2) is 71.3 Å². The van der Waals surface area contributed by atoms with E-state index in [4.69, 9.17) is 18.3 Å². The molecule has 1 aliphatic heterocycles. The third-order valence-electron chi connectivity index (χ3n) is 6.68. The highest BCUT2D eigenvalue weighted by Gasteiger charge is 2.49. The molecule has 8 heteroatoms. The summed E-state index contributed by atoms with van der Waals surface area (Å²) in [6.45, 7) is 13.2. The molecule has 2 N–H and O–H groups in total. The molecular weight excluding hydrogens is 380 g/mol. The van der Waals surface area contributed by atoms with Gasteiger partial charge in [-0.05, 0) is 36.3 Å². The molecule has 0 aromatic carbocycles. The normalized spacial score (nSPS) is 29.9. The lowest BCUT2D eigenvalue weighted by atomic mass is 9.99. The van der Waals surface area contributed by atoms with Crippen LogP contribution >= 0.6 is 0 Å². The van der Waals surface area contributed by atoms with E-state index in [1.54, 1.807) is 7.11 Å². The van der Waals surface area contributed by atoms with E-state index in [-0.39, 0.29) is 6.61 Å². The molecule has 0 spiro atoms. The van der Waals surface area contributed by atoms with Crippen LogP contribution in [0.15, 0.2) is 0 Å². The third-order valence-corrected chi connectivity index (χ3v) is 16.0. The summed E-state index contributed by atoms with van der Waals surface area (Å²) in [6, 6.07) is 5.97. The summed E-state index contributed by atoms with van der Waals surface area (Å²) in [6.07, 6.45) is -4.07. The van der Waals surface area contributed by atoms with Crippen LogP contribution in [0.1, 0.15) is 41.5 Å². The SMILES string of the molecule is CC[Si](CC)(CC)OC[C@H]1O[C@H](OC)[C@H](O[Si](CC)(CC)CC)[C@@H](O)[C@H]1O. The summed E-state index contributed by atoms with van der Waals surface area (Å²) in [4.78, 5) is 0. The molecule has 0 radical (unpaired) electrons. The molecule has 0 aromatic heterocycles. The van der Waals surface area contributed by atoms with Crippen molar-refractivity contribution in [3.05, 3.63) is 0 Å². The van der Waals surface area contributed by atoms with Crippen molar-refractivity contribution in [2.24, 2.45) is 0 Å². The van der Waals surface area contributed by atoms with Gasteiger partial charge in [-0.1, -0.05) is 41.5 Å². The predicted molar refractivity (Wildman–Crippen MR) is 113 cm³/mol. The second kappa shape index (κ2) is 11.4. The molecule has 0 aliphatic carbocycles. The Bertz CT molecular complexity index is 396. The van der Waals surface area contributed by atoms with E-state index < -0.39 is 47.3 Å². The third kappa shape index (κ3) is 5.85. The Balaban J connectivity index is 2.89. The van der Waals surface area contributed by atoms with Gasteiger partial charge in [-0.15, -0.1) is 0 Å². The van der Waals surface area contributed by atoms with Gasteiger partial charge in [-0.3, -0.25) is 0 Å². The molecule has 0 bridgehead atoms. The average molecular weight is 423 g/mol. The highest BCUT2D eigenvalue weighted by molar-refractivity contribution is 6.74. The first kappa shape index (κ1) is 25.2. The van der Waals surface area contributed by atoms with E-state index in [9.17, 15) is 10.2 Å². The quantitative estimate of drug-likeness (QED) is 0.469. The van der Waals surface area contributed by atoms with Gasteiger partial charge < -0.3 is 28.5 Å². The molecule has 0 saturated carbocycles. The van der Waals surface area contributed by atoms with Crippen LogP contribution in [0.4, 0.5) is 0 Å². The maximum atomic E-state index is 10.8. The van der Waals surface area contributed by atoms with Crippen LogP contribution < -0.4 is 0 Å². The molecule has 1 heterocycles. The molecule has 1 saturated heterocycles. The van der Waals surface area contributed by atoms with Gasteiger partial charge in [-0.25, -0.2) is 0 Å². The maximum Gasteiger partial charge on any atom is 0.192 e. The van der Waals surface area contributed by atoms with Crippen LogP contribution in [-0.2, 0) is 18.3 Å². The molecule has 0 unspecified atom stereocenters. The first-order chi connectivity index (χ1) is 12.8. The molecule has 6 nitrogen and oxygen atoms in total. The van der Waals surface area contributed by atoms with Crippen molar-refractivity contribution in [2.75, 3.05) is 13.7 Å². The van der Waals surface area contributed by atoms with Crippen molar-refractivity contribution in [2.45, 2.75) is 109 Å². The van der Waals surface area contributed by atoms with E-state index in [0.717, 1.165) is 36.3 Å². The molecule has 1 fully saturated rings. The highest BCUT2D eigenvalue weighted by atomic mass is 28.4. The molecule has 27 heavy (non-hydrogen) atoms. The van der Waals surface area contributed by atoms with E-state index in [1.807, 2.05) is 0 Å². The Kier molecular flexibility index (Phi) is 10.7. The summed E-state index contributed by atoms with van der Waals surface area (Å²) in [5, 5.41) is 21.5. The van der Waals surface area contributed by atoms with Gasteiger partial charge in [0.05, 0.1) is 6.61 Å². The molecule has 1 aliphatic rings. The van der Waals surface area contributed by atoms with Crippen LogP contribution in [0, 0.1) is 0 Å². The summed E-state index contributed by atoms with van der Waals surface area (Å²) in [7, 11) is -2.22. The second-order valence-corrected chi connectivity index (χ2v) is 17.1. The van der Waals surface area contributed by atoms with Crippen LogP contribution in [0.25, 0.3) is 0 Å². The number of methoxy groups -OCH3 is 1. The summed E-state index contributed by atoms with van der Waals surface area (Å²) in [5.74, 6) is 0. The first-order valence-electron chi connectivity index (χ1n) is 10.7. The van der Waals surface area contributed by atoms with Crippen LogP contribution in [0.5, 0.6) is 0 Å². The van der Waals surface area contributed by atoms with Crippen molar-refractivity contribution in [1.29, 1.82) is 0 Å². The van der Waals surface area contributed by atoms with Crippen molar-refractivity contribution < 1.29 is 28.5 Å². The van der Waals surface area contributed by atoms with Gasteiger partial charge in [0, 0.05) is 7.11 Å². The highest BCUT2D eigenvalue weighted by Crippen LogP contribution is 2.32. The monoisotopic (exact) mass is 422 g/mol. The average Bonchev–Trinajstić information content (AvgIpc) is 2.72. The van der Waals surface area contributed by atoms with E-state index in [0.29, 0.717) is 0 Å². The zero-order chi connectivity index (χ0) is 20.7. The lowest BCUT2D eigenvalue weighted by molar-refractivity contribution is -0.289.